The third kappa shape index (κ3) is 4.24. The Kier molecular flexibility index (Phi) is 5.71. The van der Waals surface area contributed by atoms with Gasteiger partial charge in [-0.15, -0.1) is 0 Å². The fourth-order valence-corrected chi connectivity index (χ4v) is 3.04. The van der Waals surface area contributed by atoms with Gasteiger partial charge in [-0.2, -0.15) is 0 Å². The van der Waals surface area contributed by atoms with E-state index in [1.54, 1.807) is 0 Å². The van der Waals surface area contributed by atoms with Crippen molar-refractivity contribution in [1.82, 2.24) is 5.32 Å². The third-order valence-electron chi connectivity index (χ3n) is 4.23. The van der Waals surface area contributed by atoms with Crippen LogP contribution in [0.15, 0.2) is 24.3 Å². The van der Waals surface area contributed by atoms with E-state index in [0.29, 0.717) is 6.04 Å². The molecule has 1 aliphatic rings. The molecule has 1 saturated carbocycles. The molecule has 0 bridgehead atoms. The molecular weight excluding hydrogens is 234 g/mol. The highest BCUT2D eigenvalue weighted by molar-refractivity contribution is 5.27. The summed E-state index contributed by atoms with van der Waals surface area (Å²) in [5.74, 6) is 1.79. The Hall–Kier alpha value is -1.02. The zero-order valence-corrected chi connectivity index (χ0v) is 12.3. The molecule has 1 aromatic carbocycles. The summed E-state index contributed by atoms with van der Waals surface area (Å²) in [6, 6.07) is 9.07. The summed E-state index contributed by atoms with van der Waals surface area (Å²) in [7, 11) is 2.05. The lowest BCUT2D eigenvalue weighted by molar-refractivity contribution is 0.225. The molecule has 1 aliphatic carbocycles. The van der Waals surface area contributed by atoms with Crippen LogP contribution in [0.3, 0.4) is 0 Å². The molecule has 1 fully saturated rings. The highest BCUT2D eigenvalue weighted by atomic mass is 16.5. The second kappa shape index (κ2) is 7.54. The molecule has 0 amide bonds. The maximum Gasteiger partial charge on any atom is 0.119 e. The van der Waals surface area contributed by atoms with Gasteiger partial charge in [0.05, 0.1) is 0 Å². The first-order valence-corrected chi connectivity index (χ1v) is 7.72. The predicted octanol–water partition coefficient (Wildman–Crippen LogP) is 3.80. The number of ether oxygens (including phenoxy) is 1. The average Bonchev–Trinajstić information content (AvgIpc) is 2.96. The molecule has 2 rings (SSSR count). The Bertz CT molecular complexity index is 354. The number of likely N-dealkylation sites (N-methyl/N-ethyl adjacent to an activating group) is 1. The molecule has 1 aromatic rings. The Morgan fingerprint density at radius 1 is 1.21 bits per heavy atom. The third-order valence-corrected chi connectivity index (χ3v) is 4.23. The largest absolute Gasteiger partial charge is 0.492 e. The number of rotatable bonds is 7. The van der Waals surface area contributed by atoms with Gasteiger partial charge >= 0.3 is 0 Å². The molecule has 0 aliphatic heterocycles. The van der Waals surface area contributed by atoms with E-state index in [4.69, 9.17) is 4.74 Å². The predicted molar refractivity (Wildman–Crippen MR) is 80.7 cm³/mol. The van der Waals surface area contributed by atoms with Gasteiger partial charge in [0.25, 0.3) is 0 Å². The summed E-state index contributed by atoms with van der Waals surface area (Å²) in [5, 5.41) is 3.42. The van der Waals surface area contributed by atoms with Crippen LogP contribution in [-0.4, -0.2) is 19.7 Å². The molecule has 106 valence electrons. The summed E-state index contributed by atoms with van der Waals surface area (Å²) in [4.78, 5) is 0. The highest BCUT2D eigenvalue weighted by Crippen LogP contribution is 2.28. The minimum atomic E-state index is 0.498. The normalized spacial score (nSPS) is 17.6. The molecule has 1 N–H and O–H groups in total. The molecule has 1 atom stereocenters. The first-order valence-electron chi connectivity index (χ1n) is 7.72. The van der Waals surface area contributed by atoms with E-state index >= 15 is 0 Å². The molecule has 1 unspecified atom stereocenters. The summed E-state index contributed by atoms with van der Waals surface area (Å²) >= 11 is 0. The number of aryl methyl sites for hydroxylation is 1. The van der Waals surface area contributed by atoms with Crippen LogP contribution in [-0.2, 0) is 6.42 Å². The van der Waals surface area contributed by atoms with Crippen molar-refractivity contribution in [2.24, 2.45) is 5.92 Å². The van der Waals surface area contributed by atoms with Gasteiger partial charge in [0.15, 0.2) is 0 Å². The van der Waals surface area contributed by atoms with Crippen LogP contribution >= 0.6 is 0 Å². The van der Waals surface area contributed by atoms with Crippen LogP contribution in [0.1, 0.15) is 44.6 Å². The van der Waals surface area contributed by atoms with Gasteiger partial charge in [-0.3, -0.25) is 0 Å². The van der Waals surface area contributed by atoms with E-state index < -0.39 is 0 Å². The molecule has 2 heteroatoms. The van der Waals surface area contributed by atoms with Gasteiger partial charge in [0, 0.05) is 6.04 Å². The zero-order chi connectivity index (χ0) is 13.5. The van der Waals surface area contributed by atoms with Crippen molar-refractivity contribution in [2.75, 3.05) is 13.7 Å². The number of hydrogen-bond acceptors (Lipinski definition) is 2. The quantitative estimate of drug-likeness (QED) is 0.806. The molecule has 0 heterocycles. The Morgan fingerprint density at radius 2 is 1.89 bits per heavy atom. The maximum absolute atomic E-state index is 5.94. The van der Waals surface area contributed by atoms with E-state index in [1.165, 1.54) is 37.7 Å². The summed E-state index contributed by atoms with van der Waals surface area (Å²) in [5.41, 5.74) is 1.40. The summed E-state index contributed by atoms with van der Waals surface area (Å²) in [6.45, 7) is 3.00. The fraction of sp³-hybridized carbons (Fsp3) is 0.647. The monoisotopic (exact) mass is 261 g/mol. The van der Waals surface area contributed by atoms with E-state index in [2.05, 4.69) is 43.6 Å². The van der Waals surface area contributed by atoms with Crippen molar-refractivity contribution in [3.05, 3.63) is 29.8 Å². The van der Waals surface area contributed by atoms with Crippen molar-refractivity contribution in [3.8, 4) is 5.75 Å². The lowest BCUT2D eigenvalue weighted by Crippen LogP contribution is -2.37. The molecule has 0 aromatic heterocycles. The fourth-order valence-electron chi connectivity index (χ4n) is 3.04. The number of nitrogens with one attached hydrogen (secondary N) is 1. The van der Waals surface area contributed by atoms with Gasteiger partial charge < -0.3 is 10.1 Å². The lowest BCUT2D eigenvalue weighted by Gasteiger charge is -2.23. The van der Waals surface area contributed by atoms with Gasteiger partial charge in [0.2, 0.25) is 0 Å². The minimum Gasteiger partial charge on any atom is -0.492 e. The summed E-state index contributed by atoms with van der Waals surface area (Å²) < 4.78 is 5.94. The van der Waals surface area contributed by atoms with Crippen LogP contribution < -0.4 is 10.1 Å². The molecule has 19 heavy (non-hydrogen) atoms. The second-order valence-corrected chi connectivity index (χ2v) is 5.64. The molecule has 0 saturated heterocycles. The van der Waals surface area contributed by atoms with E-state index in [0.717, 1.165) is 24.7 Å². The molecule has 0 spiro atoms. The topological polar surface area (TPSA) is 21.3 Å². The van der Waals surface area contributed by atoms with Crippen LogP contribution in [0, 0.1) is 5.92 Å². The Balaban J connectivity index is 1.82. The van der Waals surface area contributed by atoms with Crippen molar-refractivity contribution in [3.63, 3.8) is 0 Å². The average molecular weight is 261 g/mol. The number of benzene rings is 1. The first kappa shape index (κ1) is 14.4. The van der Waals surface area contributed by atoms with Gasteiger partial charge in [-0.1, -0.05) is 38.3 Å². The van der Waals surface area contributed by atoms with Gasteiger partial charge in [-0.25, -0.2) is 0 Å². The smallest absolute Gasteiger partial charge is 0.119 e. The lowest BCUT2D eigenvalue weighted by atomic mass is 9.99. The zero-order valence-electron chi connectivity index (χ0n) is 12.3. The van der Waals surface area contributed by atoms with Crippen molar-refractivity contribution in [1.29, 1.82) is 0 Å². The van der Waals surface area contributed by atoms with Crippen LogP contribution in [0.5, 0.6) is 5.75 Å². The highest BCUT2D eigenvalue weighted by Gasteiger charge is 2.24. The molecule has 2 nitrogen and oxygen atoms in total. The Morgan fingerprint density at radius 3 is 2.47 bits per heavy atom. The van der Waals surface area contributed by atoms with Crippen molar-refractivity contribution in [2.45, 2.75) is 51.5 Å². The van der Waals surface area contributed by atoms with Gasteiger partial charge in [-0.05, 0) is 49.9 Å². The van der Waals surface area contributed by atoms with Crippen LogP contribution in [0.25, 0.3) is 0 Å². The van der Waals surface area contributed by atoms with E-state index in [9.17, 15) is 0 Å². The van der Waals surface area contributed by atoms with E-state index in [1.807, 2.05) is 0 Å². The molecule has 0 radical (unpaired) electrons. The van der Waals surface area contributed by atoms with Crippen LogP contribution in [0.2, 0.25) is 0 Å². The van der Waals surface area contributed by atoms with Gasteiger partial charge in [0.1, 0.15) is 12.4 Å². The first-order chi connectivity index (χ1) is 9.33. The molecular formula is C17H27NO. The second-order valence-electron chi connectivity index (χ2n) is 5.64. The Labute approximate surface area is 117 Å². The van der Waals surface area contributed by atoms with Crippen molar-refractivity contribution >= 4 is 0 Å². The van der Waals surface area contributed by atoms with E-state index in [-0.39, 0.29) is 0 Å². The summed E-state index contributed by atoms with van der Waals surface area (Å²) in [6.07, 6.45) is 7.82. The maximum atomic E-state index is 5.94. The minimum absolute atomic E-state index is 0.498. The standard InChI is InChI=1S/C17H27NO/c1-3-6-14-9-11-16(12-10-14)19-13-17(18-2)15-7-4-5-8-15/h9-12,15,17-18H,3-8,13H2,1-2H3. The number of hydrogen-bond donors (Lipinski definition) is 1. The van der Waals surface area contributed by atoms with Crippen LogP contribution in [0.4, 0.5) is 0 Å². The van der Waals surface area contributed by atoms with Crippen molar-refractivity contribution < 1.29 is 4.74 Å². The SMILES string of the molecule is CCCc1ccc(OCC(NC)C2CCCC2)cc1.